The van der Waals surface area contributed by atoms with Gasteiger partial charge in [-0.05, 0) is 49.9 Å². The summed E-state index contributed by atoms with van der Waals surface area (Å²) >= 11 is 0. The summed E-state index contributed by atoms with van der Waals surface area (Å²) in [5.41, 5.74) is 0.939. The van der Waals surface area contributed by atoms with E-state index in [1.807, 2.05) is 6.08 Å². The SMILES string of the molecule is O=S(=O)(CC1=CCCCCC1)c1ccc(S(=O)(=O)NCCO)cc1. The summed E-state index contributed by atoms with van der Waals surface area (Å²) in [6.45, 7) is -0.392. The van der Waals surface area contributed by atoms with E-state index < -0.39 is 19.9 Å². The first-order chi connectivity index (χ1) is 11.3. The number of sulfone groups is 1. The van der Waals surface area contributed by atoms with Crippen LogP contribution in [0.3, 0.4) is 0 Å². The van der Waals surface area contributed by atoms with E-state index in [-0.39, 0.29) is 28.7 Å². The highest BCUT2D eigenvalue weighted by atomic mass is 32.2. The first-order valence-electron chi connectivity index (χ1n) is 7.96. The number of nitrogens with one attached hydrogen (secondary N) is 1. The second-order valence-corrected chi connectivity index (χ2v) is 9.57. The average Bonchev–Trinajstić information content (AvgIpc) is 2.81. The molecule has 0 unspecified atom stereocenters. The molecule has 2 rings (SSSR count). The first-order valence-corrected chi connectivity index (χ1v) is 11.1. The number of hydrogen-bond acceptors (Lipinski definition) is 5. The quantitative estimate of drug-likeness (QED) is 0.708. The molecule has 0 bridgehead atoms. The van der Waals surface area contributed by atoms with E-state index in [1.54, 1.807) is 0 Å². The summed E-state index contributed by atoms with van der Waals surface area (Å²) in [7, 11) is -7.21. The van der Waals surface area contributed by atoms with Gasteiger partial charge in [0.05, 0.1) is 22.2 Å². The fourth-order valence-corrected chi connectivity index (χ4v) is 5.12. The van der Waals surface area contributed by atoms with Gasteiger partial charge in [0, 0.05) is 6.54 Å². The van der Waals surface area contributed by atoms with E-state index in [9.17, 15) is 16.8 Å². The van der Waals surface area contributed by atoms with Crippen molar-refractivity contribution in [3.63, 3.8) is 0 Å². The van der Waals surface area contributed by atoms with Crippen molar-refractivity contribution in [2.45, 2.75) is 41.9 Å². The molecule has 0 aromatic heterocycles. The van der Waals surface area contributed by atoms with E-state index in [0.29, 0.717) is 0 Å². The van der Waals surface area contributed by atoms with E-state index >= 15 is 0 Å². The lowest BCUT2D eigenvalue weighted by Crippen LogP contribution is -2.26. The van der Waals surface area contributed by atoms with Crippen molar-refractivity contribution in [2.24, 2.45) is 0 Å². The van der Waals surface area contributed by atoms with Gasteiger partial charge in [-0.25, -0.2) is 21.6 Å². The van der Waals surface area contributed by atoms with Gasteiger partial charge in [0.1, 0.15) is 0 Å². The molecule has 2 N–H and O–H groups in total. The van der Waals surface area contributed by atoms with Crippen LogP contribution in [0, 0.1) is 0 Å². The van der Waals surface area contributed by atoms with Gasteiger partial charge in [0.25, 0.3) is 0 Å². The highest BCUT2D eigenvalue weighted by molar-refractivity contribution is 7.91. The van der Waals surface area contributed by atoms with Gasteiger partial charge < -0.3 is 5.11 Å². The van der Waals surface area contributed by atoms with Gasteiger partial charge in [-0.2, -0.15) is 0 Å². The largest absolute Gasteiger partial charge is 0.395 e. The Morgan fingerprint density at radius 2 is 1.62 bits per heavy atom. The molecular formula is C16H23NO5S2. The highest BCUT2D eigenvalue weighted by Crippen LogP contribution is 2.22. The fourth-order valence-electron chi connectivity index (χ4n) is 2.63. The van der Waals surface area contributed by atoms with Crippen molar-refractivity contribution in [3.8, 4) is 0 Å². The Kier molecular flexibility index (Phi) is 6.56. The van der Waals surface area contributed by atoms with Crippen molar-refractivity contribution >= 4 is 19.9 Å². The highest BCUT2D eigenvalue weighted by Gasteiger charge is 2.19. The van der Waals surface area contributed by atoms with Crippen LogP contribution in [-0.4, -0.2) is 40.8 Å². The predicted octanol–water partition coefficient (Wildman–Crippen LogP) is 1.62. The Morgan fingerprint density at radius 1 is 0.958 bits per heavy atom. The number of allylic oxidation sites excluding steroid dienone is 1. The molecule has 0 fully saturated rings. The number of aliphatic hydroxyl groups is 1. The molecule has 0 saturated heterocycles. The lowest BCUT2D eigenvalue weighted by Gasteiger charge is -2.09. The Bertz CT molecular complexity index is 780. The van der Waals surface area contributed by atoms with Crippen LogP contribution >= 0.6 is 0 Å². The van der Waals surface area contributed by atoms with Crippen molar-refractivity contribution < 1.29 is 21.9 Å². The third-order valence-electron chi connectivity index (χ3n) is 3.91. The minimum absolute atomic E-state index is 0.0120. The summed E-state index contributed by atoms with van der Waals surface area (Å²) in [5.74, 6) is -0.0120. The summed E-state index contributed by atoms with van der Waals surface area (Å²) in [4.78, 5) is 0.0948. The third-order valence-corrected chi connectivity index (χ3v) is 7.13. The van der Waals surface area contributed by atoms with Crippen molar-refractivity contribution in [2.75, 3.05) is 18.9 Å². The lowest BCUT2D eigenvalue weighted by atomic mass is 10.1. The first kappa shape index (κ1) is 19.1. The smallest absolute Gasteiger partial charge is 0.240 e. The number of benzene rings is 1. The number of sulfonamides is 1. The molecule has 0 heterocycles. The normalized spacial score (nSPS) is 16.5. The van der Waals surface area contributed by atoms with Gasteiger partial charge in [-0.15, -0.1) is 0 Å². The number of rotatable bonds is 7. The Hall–Kier alpha value is -1.22. The maximum Gasteiger partial charge on any atom is 0.240 e. The lowest BCUT2D eigenvalue weighted by molar-refractivity contribution is 0.301. The molecule has 0 saturated carbocycles. The average molecular weight is 373 g/mol. The van der Waals surface area contributed by atoms with Crippen LogP contribution in [0.1, 0.15) is 32.1 Å². The van der Waals surface area contributed by atoms with Gasteiger partial charge in [0.2, 0.25) is 10.0 Å². The van der Waals surface area contributed by atoms with E-state index in [0.717, 1.165) is 37.7 Å². The zero-order valence-corrected chi connectivity index (χ0v) is 15.1. The van der Waals surface area contributed by atoms with E-state index in [2.05, 4.69) is 4.72 Å². The van der Waals surface area contributed by atoms with Gasteiger partial charge in [-0.3, -0.25) is 0 Å². The van der Waals surface area contributed by atoms with E-state index in [1.165, 1.54) is 24.3 Å². The molecule has 1 aromatic rings. The summed E-state index contributed by atoms with van der Waals surface area (Å²) in [6, 6.07) is 5.18. The van der Waals surface area contributed by atoms with Crippen LogP contribution < -0.4 is 4.72 Å². The number of aliphatic hydroxyl groups excluding tert-OH is 1. The van der Waals surface area contributed by atoms with Crippen LogP contribution in [-0.2, 0) is 19.9 Å². The predicted molar refractivity (Wildman–Crippen MR) is 91.9 cm³/mol. The van der Waals surface area contributed by atoms with Crippen LogP contribution in [0.5, 0.6) is 0 Å². The monoisotopic (exact) mass is 373 g/mol. The molecule has 0 amide bonds. The molecule has 1 aromatic carbocycles. The molecule has 6 nitrogen and oxygen atoms in total. The molecule has 134 valence electrons. The van der Waals surface area contributed by atoms with Crippen molar-refractivity contribution in [1.82, 2.24) is 4.72 Å². The maximum absolute atomic E-state index is 12.5. The van der Waals surface area contributed by atoms with Gasteiger partial charge >= 0.3 is 0 Å². The molecule has 0 spiro atoms. The second kappa shape index (κ2) is 8.24. The molecular weight excluding hydrogens is 350 g/mol. The van der Waals surface area contributed by atoms with Crippen LogP contribution in [0.25, 0.3) is 0 Å². The third kappa shape index (κ3) is 5.14. The molecule has 0 radical (unpaired) electrons. The standard InChI is InChI=1S/C16H23NO5S2/c18-12-11-17-24(21,22)16-9-7-15(8-10-16)23(19,20)13-14-5-3-1-2-4-6-14/h5,7-10,17-18H,1-4,6,11-13H2. The minimum Gasteiger partial charge on any atom is -0.395 e. The maximum atomic E-state index is 12.5. The molecule has 8 heteroatoms. The molecule has 1 aliphatic rings. The Labute approximate surface area is 143 Å². The van der Waals surface area contributed by atoms with Gasteiger partial charge in [-0.1, -0.05) is 18.1 Å². The molecule has 0 atom stereocenters. The van der Waals surface area contributed by atoms with Crippen LogP contribution in [0.15, 0.2) is 45.7 Å². The fraction of sp³-hybridized carbons (Fsp3) is 0.500. The van der Waals surface area contributed by atoms with Crippen molar-refractivity contribution in [1.29, 1.82) is 0 Å². The molecule has 1 aliphatic carbocycles. The number of hydrogen-bond donors (Lipinski definition) is 2. The van der Waals surface area contributed by atoms with E-state index in [4.69, 9.17) is 5.11 Å². The zero-order chi connectivity index (χ0) is 17.6. The topological polar surface area (TPSA) is 101 Å². The summed E-state index contributed by atoms with van der Waals surface area (Å²) < 4.78 is 51.1. The molecule has 24 heavy (non-hydrogen) atoms. The summed E-state index contributed by atoms with van der Waals surface area (Å²) in [6.07, 6.45) is 6.96. The minimum atomic E-state index is -3.73. The van der Waals surface area contributed by atoms with Crippen LogP contribution in [0.4, 0.5) is 0 Å². The second-order valence-electron chi connectivity index (χ2n) is 5.81. The van der Waals surface area contributed by atoms with Crippen molar-refractivity contribution in [3.05, 3.63) is 35.9 Å². The van der Waals surface area contributed by atoms with Gasteiger partial charge in [0.15, 0.2) is 9.84 Å². The summed E-state index contributed by atoms with van der Waals surface area (Å²) in [5, 5.41) is 8.69. The van der Waals surface area contributed by atoms with Crippen LogP contribution in [0.2, 0.25) is 0 Å². The molecule has 0 aliphatic heterocycles. The zero-order valence-electron chi connectivity index (χ0n) is 13.4. The Morgan fingerprint density at radius 3 is 2.29 bits per heavy atom. The Balaban J connectivity index is 2.15.